The summed E-state index contributed by atoms with van der Waals surface area (Å²) in [6.07, 6.45) is 1.19. The summed E-state index contributed by atoms with van der Waals surface area (Å²) in [6.45, 7) is 4.82. The number of aromatic nitrogens is 1. The minimum Gasteiger partial charge on any atom is -0.459 e. The summed E-state index contributed by atoms with van der Waals surface area (Å²) in [5.41, 5.74) is 0.717. The number of rotatable bonds is 2. The Hall–Kier alpha value is -1.66. The van der Waals surface area contributed by atoms with Crippen molar-refractivity contribution in [2.45, 2.75) is 32.8 Å². The predicted molar refractivity (Wildman–Crippen MR) is 80.4 cm³/mol. The first kappa shape index (κ1) is 14.3. The second kappa shape index (κ2) is 5.61. The van der Waals surface area contributed by atoms with Gasteiger partial charge >= 0.3 is 0 Å². The summed E-state index contributed by atoms with van der Waals surface area (Å²) >= 11 is 1.35. The summed E-state index contributed by atoms with van der Waals surface area (Å²) in [6, 6.07) is 3.75. The van der Waals surface area contributed by atoms with E-state index >= 15 is 0 Å². The lowest BCUT2D eigenvalue weighted by Gasteiger charge is -2.29. The summed E-state index contributed by atoms with van der Waals surface area (Å²) < 4.78 is 5.56. The molecule has 3 rings (SSSR count). The van der Waals surface area contributed by atoms with Gasteiger partial charge < -0.3 is 14.4 Å². The molecule has 1 aliphatic rings. The van der Waals surface area contributed by atoms with E-state index in [4.69, 9.17) is 4.42 Å². The molecular formula is C15H18N2O3S. The van der Waals surface area contributed by atoms with Gasteiger partial charge in [0.25, 0.3) is 5.91 Å². The third-order valence-corrected chi connectivity index (χ3v) is 4.79. The molecule has 1 aliphatic heterocycles. The van der Waals surface area contributed by atoms with Crippen molar-refractivity contribution in [1.82, 2.24) is 9.88 Å². The van der Waals surface area contributed by atoms with Gasteiger partial charge in [-0.15, -0.1) is 11.3 Å². The lowest BCUT2D eigenvalue weighted by atomic mass is 10.1. The standard InChI is InChI=1S/C15H18N2O3S/c1-9-5-6-12(20-9)14-16-10(2)13(21-14)15(19)17-7-3-4-11(18)8-17/h5-6,11,18H,3-4,7-8H2,1-2H3/t11-/m1/s1. The average Bonchev–Trinajstić information content (AvgIpc) is 3.04. The minimum absolute atomic E-state index is 0.0433. The molecule has 21 heavy (non-hydrogen) atoms. The van der Waals surface area contributed by atoms with Crippen molar-refractivity contribution >= 4 is 17.2 Å². The predicted octanol–water partition coefficient (Wildman–Crippen LogP) is 2.62. The number of furan rings is 1. The third-order valence-electron chi connectivity index (χ3n) is 3.63. The van der Waals surface area contributed by atoms with Gasteiger partial charge in [0.15, 0.2) is 10.8 Å². The van der Waals surface area contributed by atoms with Gasteiger partial charge in [-0.05, 0) is 38.8 Å². The van der Waals surface area contributed by atoms with Crippen LogP contribution in [-0.4, -0.2) is 40.1 Å². The summed E-state index contributed by atoms with van der Waals surface area (Å²) in [5.74, 6) is 1.47. The number of likely N-dealkylation sites (tertiary alicyclic amines) is 1. The van der Waals surface area contributed by atoms with E-state index in [2.05, 4.69) is 4.98 Å². The number of carbonyl (C=O) groups is 1. The van der Waals surface area contributed by atoms with E-state index in [-0.39, 0.29) is 5.91 Å². The third kappa shape index (κ3) is 2.87. The Labute approximate surface area is 127 Å². The molecule has 0 saturated carbocycles. The number of nitrogens with zero attached hydrogens (tertiary/aromatic N) is 2. The Morgan fingerprint density at radius 1 is 1.48 bits per heavy atom. The number of amides is 1. The van der Waals surface area contributed by atoms with Gasteiger partial charge in [0.2, 0.25) is 0 Å². The van der Waals surface area contributed by atoms with Crippen LogP contribution < -0.4 is 0 Å². The van der Waals surface area contributed by atoms with E-state index in [1.807, 2.05) is 26.0 Å². The maximum absolute atomic E-state index is 12.6. The SMILES string of the molecule is Cc1ccc(-c2nc(C)c(C(=O)N3CCC[C@@H](O)C3)s2)o1. The highest BCUT2D eigenvalue weighted by Gasteiger charge is 2.26. The number of aliphatic hydroxyl groups is 1. The van der Waals surface area contributed by atoms with Gasteiger partial charge in [0, 0.05) is 13.1 Å². The first-order chi connectivity index (χ1) is 10.0. The molecule has 5 nitrogen and oxygen atoms in total. The van der Waals surface area contributed by atoms with Crippen molar-refractivity contribution in [3.63, 3.8) is 0 Å². The van der Waals surface area contributed by atoms with Gasteiger partial charge in [-0.3, -0.25) is 4.79 Å². The Balaban J connectivity index is 1.85. The van der Waals surface area contributed by atoms with Crippen LogP contribution in [-0.2, 0) is 0 Å². The fourth-order valence-corrected chi connectivity index (χ4v) is 3.53. The zero-order valence-electron chi connectivity index (χ0n) is 12.1. The van der Waals surface area contributed by atoms with Crippen LogP contribution >= 0.6 is 11.3 Å². The van der Waals surface area contributed by atoms with Crippen LogP contribution in [0.25, 0.3) is 10.8 Å². The Morgan fingerprint density at radius 2 is 2.29 bits per heavy atom. The van der Waals surface area contributed by atoms with Crippen LogP contribution in [0.3, 0.4) is 0 Å². The van der Waals surface area contributed by atoms with Crippen LogP contribution in [0.1, 0.15) is 34.0 Å². The summed E-state index contributed by atoms with van der Waals surface area (Å²) in [5, 5.41) is 10.4. The highest BCUT2D eigenvalue weighted by Crippen LogP contribution is 2.30. The van der Waals surface area contributed by atoms with Crippen LogP contribution in [0.4, 0.5) is 0 Å². The van der Waals surface area contributed by atoms with Crippen molar-refractivity contribution in [3.8, 4) is 10.8 Å². The molecule has 0 aliphatic carbocycles. The quantitative estimate of drug-likeness (QED) is 0.926. The zero-order valence-corrected chi connectivity index (χ0v) is 12.9. The first-order valence-electron chi connectivity index (χ1n) is 7.06. The minimum atomic E-state index is -0.414. The molecule has 1 fully saturated rings. The second-order valence-electron chi connectivity index (χ2n) is 5.39. The zero-order chi connectivity index (χ0) is 15.0. The molecule has 1 atom stereocenters. The number of thiazole rings is 1. The lowest BCUT2D eigenvalue weighted by molar-refractivity contribution is 0.0477. The van der Waals surface area contributed by atoms with Crippen molar-refractivity contribution in [3.05, 3.63) is 28.5 Å². The van der Waals surface area contributed by atoms with E-state index in [0.717, 1.165) is 23.6 Å². The normalized spacial score (nSPS) is 19.0. The van der Waals surface area contributed by atoms with Gasteiger partial charge in [-0.25, -0.2) is 4.98 Å². The van der Waals surface area contributed by atoms with Crippen LogP contribution in [0.5, 0.6) is 0 Å². The maximum atomic E-state index is 12.6. The molecule has 0 aromatic carbocycles. The fourth-order valence-electron chi connectivity index (χ4n) is 2.53. The average molecular weight is 306 g/mol. The monoisotopic (exact) mass is 306 g/mol. The largest absolute Gasteiger partial charge is 0.459 e. The van der Waals surface area contributed by atoms with E-state index < -0.39 is 6.10 Å². The number of carbonyl (C=O) groups excluding carboxylic acids is 1. The lowest BCUT2D eigenvalue weighted by Crippen LogP contribution is -2.42. The first-order valence-corrected chi connectivity index (χ1v) is 7.88. The number of piperidine rings is 1. The maximum Gasteiger partial charge on any atom is 0.265 e. The summed E-state index contributed by atoms with van der Waals surface area (Å²) in [7, 11) is 0. The molecule has 3 heterocycles. The van der Waals surface area contributed by atoms with Crippen LogP contribution in [0.15, 0.2) is 16.5 Å². The molecule has 1 N–H and O–H groups in total. The number of hydrogen-bond acceptors (Lipinski definition) is 5. The van der Waals surface area contributed by atoms with Crippen LogP contribution in [0.2, 0.25) is 0 Å². The van der Waals surface area contributed by atoms with Crippen LogP contribution in [0, 0.1) is 13.8 Å². The topological polar surface area (TPSA) is 66.6 Å². The molecule has 112 valence electrons. The number of aliphatic hydroxyl groups excluding tert-OH is 1. The van der Waals surface area contributed by atoms with Crippen molar-refractivity contribution in [2.24, 2.45) is 0 Å². The van der Waals surface area contributed by atoms with Gasteiger partial charge in [-0.1, -0.05) is 0 Å². The molecular weight excluding hydrogens is 288 g/mol. The van der Waals surface area contributed by atoms with Gasteiger partial charge in [0.05, 0.1) is 11.8 Å². The molecule has 2 aromatic rings. The van der Waals surface area contributed by atoms with Crippen molar-refractivity contribution < 1.29 is 14.3 Å². The van der Waals surface area contributed by atoms with E-state index in [9.17, 15) is 9.90 Å². The summed E-state index contributed by atoms with van der Waals surface area (Å²) in [4.78, 5) is 19.4. The highest BCUT2D eigenvalue weighted by atomic mass is 32.1. The fraction of sp³-hybridized carbons (Fsp3) is 0.467. The molecule has 0 unspecified atom stereocenters. The van der Waals surface area contributed by atoms with Crippen molar-refractivity contribution in [1.29, 1.82) is 0 Å². The molecule has 0 bridgehead atoms. The number of β-amino-alcohol motifs (C(OH)–C–C–N with tert-alkyl or cyclic N) is 1. The molecule has 1 saturated heterocycles. The number of aryl methyl sites for hydroxylation is 2. The van der Waals surface area contributed by atoms with E-state index in [1.165, 1.54) is 11.3 Å². The second-order valence-corrected chi connectivity index (χ2v) is 6.39. The van der Waals surface area contributed by atoms with Gasteiger partial charge in [-0.2, -0.15) is 0 Å². The highest BCUT2D eigenvalue weighted by molar-refractivity contribution is 7.17. The Morgan fingerprint density at radius 3 is 2.95 bits per heavy atom. The van der Waals surface area contributed by atoms with E-state index in [1.54, 1.807) is 4.90 Å². The Bertz CT molecular complexity index is 662. The van der Waals surface area contributed by atoms with E-state index in [0.29, 0.717) is 29.4 Å². The van der Waals surface area contributed by atoms with Gasteiger partial charge in [0.1, 0.15) is 10.6 Å². The molecule has 0 spiro atoms. The number of hydrogen-bond donors (Lipinski definition) is 1. The van der Waals surface area contributed by atoms with Crippen molar-refractivity contribution in [2.75, 3.05) is 13.1 Å². The smallest absolute Gasteiger partial charge is 0.265 e. The molecule has 6 heteroatoms. The molecule has 0 radical (unpaired) electrons. The Kier molecular flexibility index (Phi) is 3.82. The molecule has 1 amide bonds. The molecule has 2 aromatic heterocycles.